The molecule has 0 radical (unpaired) electrons. The standard InChI is InChI=1S/C11H16BrNO3S2/c1-7-2-3-8(4-7)13-18(15,16)10-5-9(6-14)17-11(10)12/h5,7-8,13-14H,2-4,6H2,1H3. The molecule has 102 valence electrons. The van der Waals surface area contributed by atoms with Crippen LogP contribution in [0.3, 0.4) is 0 Å². The molecule has 0 aromatic carbocycles. The molecule has 2 unspecified atom stereocenters. The van der Waals surface area contributed by atoms with Crippen LogP contribution in [-0.2, 0) is 16.6 Å². The monoisotopic (exact) mass is 353 g/mol. The van der Waals surface area contributed by atoms with Gasteiger partial charge in [-0.3, -0.25) is 0 Å². The Kier molecular flexibility index (Phi) is 4.48. The van der Waals surface area contributed by atoms with E-state index in [2.05, 4.69) is 27.6 Å². The first-order chi connectivity index (χ1) is 8.42. The fraction of sp³-hybridized carbons (Fsp3) is 0.636. The van der Waals surface area contributed by atoms with Crippen LogP contribution in [0.5, 0.6) is 0 Å². The summed E-state index contributed by atoms with van der Waals surface area (Å²) in [6, 6.07) is 1.56. The summed E-state index contributed by atoms with van der Waals surface area (Å²) in [6.07, 6.45) is 2.86. The Morgan fingerprint density at radius 1 is 1.56 bits per heavy atom. The first-order valence-electron chi connectivity index (χ1n) is 5.83. The maximum atomic E-state index is 12.2. The number of nitrogens with one attached hydrogen (secondary N) is 1. The van der Waals surface area contributed by atoms with Gasteiger partial charge in [-0.05, 0) is 47.2 Å². The van der Waals surface area contributed by atoms with Crippen LogP contribution < -0.4 is 4.72 Å². The van der Waals surface area contributed by atoms with E-state index in [1.54, 1.807) is 0 Å². The van der Waals surface area contributed by atoms with Crippen molar-refractivity contribution < 1.29 is 13.5 Å². The molecule has 2 rings (SSSR count). The van der Waals surface area contributed by atoms with Crippen LogP contribution in [-0.4, -0.2) is 19.6 Å². The highest BCUT2D eigenvalue weighted by atomic mass is 79.9. The molecule has 18 heavy (non-hydrogen) atoms. The lowest BCUT2D eigenvalue weighted by Gasteiger charge is -2.12. The normalized spacial score (nSPS) is 24.6. The van der Waals surface area contributed by atoms with E-state index in [0.717, 1.165) is 19.3 Å². The largest absolute Gasteiger partial charge is 0.391 e. The number of hydrogen-bond acceptors (Lipinski definition) is 4. The molecule has 2 N–H and O–H groups in total. The molecule has 1 fully saturated rings. The summed E-state index contributed by atoms with van der Waals surface area (Å²) in [5.41, 5.74) is 0. The Labute approximate surface area is 120 Å². The van der Waals surface area contributed by atoms with Crippen LogP contribution >= 0.6 is 27.3 Å². The highest BCUT2D eigenvalue weighted by molar-refractivity contribution is 9.11. The molecular weight excluding hydrogens is 338 g/mol. The summed E-state index contributed by atoms with van der Waals surface area (Å²) in [5.74, 6) is 0.580. The third kappa shape index (κ3) is 3.14. The Hall–Kier alpha value is 0.0500. The molecule has 0 spiro atoms. The van der Waals surface area contributed by atoms with E-state index < -0.39 is 10.0 Å². The molecule has 0 amide bonds. The number of thiophene rings is 1. The van der Waals surface area contributed by atoms with Gasteiger partial charge in [-0.1, -0.05) is 6.92 Å². The van der Waals surface area contributed by atoms with E-state index in [9.17, 15) is 8.42 Å². The summed E-state index contributed by atoms with van der Waals surface area (Å²) in [6.45, 7) is 2.00. The van der Waals surface area contributed by atoms with Gasteiger partial charge >= 0.3 is 0 Å². The summed E-state index contributed by atoms with van der Waals surface area (Å²) >= 11 is 4.49. The van der Waals surface area contributed by atoms with Crippen molar-refractivity contribution in [3.63, 3.8) is 0 Å². The molecule has 1 aromatic rings. The molecule has 1 heterocycles. The topological polar surface area (TPSA) is 66.4 Å². The van der Waals surface area contributed by atoms with E-state index in [-0.39, 0.29) is 17.5 Å². The van der Waals surface area contributed by atoms with E-state index in [4.69, 9.17) is 5.11 Å². The van der Waals surface area contributed by atoms with Crippen LogP contribution in [0, 0.1) is 5.92 Å². The van der Waals surface area contributed by atoms with Crippen LogP contribution in [0.25, 0.3) is 0 Å². The summed E-state index contributed by atoms with van der Waals surface area (Å²) in [7, 11) is -3.48. The SMILES string of the molecule is CC1CCC(NS(=O)(=O)c2cc(CO)sc2Br)C1. The minimum Gasteiger partial charge on any atom is -0.391 e. The Balaban J connectivity index is 2.17. The molecule has 0 bridgehead atoms. The fourth-order valence-corrected chi connectivity index (χ4v) is 6.08. The minimum absolute atomic E-state index is 0.0365. The Morgan fingerprint density at radius 2 is 2.28 bits per heavy atom. The molecule has 0 saturated heterocycles. The first-order valence-corrected chi connectivity index (χ1v) is 8.93. The predicted molar refractivity (Wildman–Crippen MR) is 75.1 cm³/mol. The number of rotatable bonds is 4. The number of aliphatic hydroxyl groups excluding tert-OH is 1. The lowest BCUT2D eigenvalue weighted by molar-refractivity contribution is 0.285. The third-order valence-corrected chi connectivity index (χ3v) is 6.93. The van der Waals surface area contributed by atoms with Crippen molar-refractivity contribution >= 4 is 37.3 Å². The van der Waals surface area contributed by atoms with Crippen molar-refractivity contribution in [3.8, 4) is 0 Å². The van der Waals surface area contributed by atoms with Crippen molar-refractivity contribution in [2.45, 2.75) is 43.7 Å². The molecule has 1 saturated carbocycles. The lowest BCUT2D eigenvalue weighted by Crippen LogP contribution is -2.32. The molecule has 4 nitrogen and oxygen atoms in total. The van der Waals surface area contributed by atoms with Gasteiger partial charge < -0.3 is 5.11 Å². The average molecular weight is 354 g/mol. The Bertz CT molecular complexity index is 526. The van der Waals surface area contributed by atoms with Crippen LogP contribution in [0.1, 0.15) is 31.1 Å². The molecule has 7 heteroatoms. The highest BCUT2D eigenvalue weighted by Crippen LogP contribution is 2.33. The summed E-state index contributed by atoms with van der Waals surface area (Å²) < 4.78 is 27.8. The molecule has 0 aliphatic heterocycles. The van der Waals surface area contributed by atoms with E-state index >= 15 is 0 Å². The second-order valence-corrected chi connectivity index (χ2v) is 8.88. The highest BCUT2D eigenvalue weighted by Gasteiger charge is 2.28. The van der Waals surface area contributed by atoms with Gasteiger partial charge in [-0.25, -0.2) is 13.1 Å². The first kappa shape index (κ1) is 14.5. The van der Waals surface area contributed by atoms with Crippen molar-refractivity contribution in [2.75, 3.05) is 0 Å². The number of sulfonamides is 1. The van der Waals surface area contributed by atoms with Crippen molar-refractivity contribution in [1.82, 2.24) is 4.72 Å². The van der Waals surface area contributed by atoms with Gasteiger partial charge in [0.1, 0.15) is 4.90 Å². The number of hydrogen-bond donors (Lipinski definition) is 2. The molecule has 2 atom stereocenters. The predicted octanol–water partition coefficient (Wildman–Crippen LogP) is 2.47. The lowest BCUT2D eigenvalue weighted by atomic mass is 10.1. The second-order valence-electron chi connectivity index (χ2n) is 4.75. The second kappa shape index (κ2) is 5.58. The molecule has 1 aliphatic rings. The van der Waals surface area contributed by atoms with Crippen molar-refractivity contribution in [3.05, 3.63) is 14.7 Å². The van der Waals surface area contributed by atoms with Crippen LogP contribution in [0.15, 0.2) is 14.7 Å². The number of halogens is 1. The maximum absolute atomic E-state index is 12.2. The van der Waals surface area contributed by atoms with E-state index in [1.807, 2.05) is 0 Å². The zero-order valence-electron chi connectivity index (χ0n) is 10.0. The third-order valence-electron chi connectivity index (χ3n) is 3.17. The minimum atomic E-state index is -3.48. The smallest absolute Gasteiger partial charge is 0.242 e. The fourth-order valence-electron chi connectivity index (χ4n) is 2.26. The molecule has 1 aliphatic carbocycles. The van der Waals surface area contributed by atoms with Gasteiger partial charge in [-0.2, -0.15) is 0 Å². The van der Waals surface area contributed by atoms with E-state index in [1.165, 1.54) is 17.4 Å². The number of aliphatic hydroxyl groups is 1. The van der Waals surface area contributed by atoms with E-state index in [0.29, 0.717) is 14.6 Å². The van der Waals surface area contributed by atoms with Crippen LogP contribution in [0.2, 0.25) is 0 Å². The van der Waals surface area contributed by atoms with Gasteiger partial charge in [0.2, 0.25) is 10.0 Å². The van der Waals surface area contributed by atoms with Gasteiger partial charge in [-0.15, -0.1) is 11.3 Å². The zero-order chi connectivity index (χ0) is 13.3. The van der Waals surface area contributed by atoms with Crippen molar-refractivity contribution in [1.29, 1.82) is 0 Å². The van der Waals surface area contributed by atoms with Gasteiger partial charge in [0.05, 0.1) is 10.4 Å². The summed E-state index contributed by atoms with van der Waals surface area (Å²) in [5, 5.41) is 9.03. The zero-order valence-corrected chi connectivity index (χ0v) is 13.2. The van der Waals surface area contributed by atoms with Crippen LogP contribution in [0.4, 0.5) is 0 Å². The molecular formula is C11H16BrNO3S2. The Morgan fingerprint density at radius 3 is 2.78 bits per heavy atom. The van der Waals surface area contributed by atoms with Gasteiger partial charge in [0, 0.05) is 10.9 Å². The summed E-state index contributed by atoms with van der Waals surface area (Å²) in [4.78, 5) is 0.873. The average Bonchev–Trinajstić information content (AvgIpc) is 2.84. The quantitative estimate of drug-likeness (QED) is 0.873. The maximum Gasteiger partial charge on any atom is 0.242 e. The molecule has 1 aromatic heterocycles. The van der Waals surface area contributed by atoms with Gasteiger partial charge in [0.15, 0.2) is 0 Å². The van der Waals surface area contributed by atoms with Crippen molar-refractivity contribution in [2.24, 2.45) is 5.92 Å². The van der Waals surface area contributed by atoms with Gasteiger partial charge in [0.25, 0.3) is 0 Å².